The van der Waals surface area contributed by atoms with Gasteiger partial charge in [0.1, 0.15) is 5.82 Å². The van der Waals surface area contributed by atoms with Crippen molar-refractivity contribution in [3.05, 3.63) is 60.2 Å². The lowest BCUT2D eigenvalue weighted by Crippen LogP contribution is -2.20. The number of hydrogen-bond donors (Lipinski definition) is 2. The first-order valence-corrected chi connectivity index (χ1v) is 9.61. The van der Waals surface area contributed by atoms with Gasteiger partial charge in [-0.2, -0.15) is 13.2 Å². The van der Waals surface area contributed by atoms with Gasteiger partial charge in [0.15, 0.2) is 11.4 Å². The minimum Gasteiger partial charge on any atom is -0.437 e. The third-order valence-electron chi connectivity index (χ3n) is 5.04. The average Bonchev–Trinajstić information content (AvgIpc) is 3.38. The molecule has 0 unspecified atom stereocenters. The van der Waals surface area contributed by atoms with Crippen LogP contribution in [0.15, 0.2) is 53.2 Å². The highest BCUT2D eigenvalue weighted by Gasteiger charge is 2.40. The lowest BCUT2D eigenvalue weighted by atomic mass is 10.0. The van der Waals surface area contributed by atoms with Gasteiger partial charge in [-0.15, -0.1) is 0 Å². The van der Waals surface area contributed by atoms with Crippen molar-refractivity contribution in [1.29, 1.82) is 0 Å². The normalized spacial score (nSPS) is 15.6. The fourth-order valence-corrected chi connectivity index (χ4v) is 3.44. The number of hydrogen-bond acceptors (Lipinski definition) is 4. The minimum atomic E-state index is -4.50. The Labute approximate surface area is 175 Å². The smallest absolute Gasteiger partial charge is 0.416 e. The van der Waals surface area contributed by atoms with Crippen LogP contribution in [0.3, 0.4) is 0 Å². The van der Waals surface area contributed by atoms with Crippen molar-refractivity contribution in [2.45, 2.75) is 37.5 Å². The number of rotatable bonds is 4. The van der Waals surface area contributed by atoms with E-state index in [1.165, 1.54) is 30.6 Å². The summed E-state index contributed by atoms with van der Waals surface area (Å²) in [4.78, 5) is 20.3. The molecule has 161 valence electrons. The molecule has 1 aromatic carbocycles. The molecule has 31 heavy (non-hydrogen) atoms. The van der Waals surface area contributed by atoms with Crippen LogP contribution < -0.4 is 10.6 Å². The third-order valence-corrected chi connectivity index (χ3v) is 5.04. The maximum Gasteiger partial charge on any atom is 0.416 e. The zero-order chi connectivity index (χ0) is 22.1. The van der Waals surface area contributed by atoms with Crippen LogP contribution in [-0.4, -0.2) is 16.0 Å². The number of carbonyl (C=O) groups is 1. The number of benzene rings is 1. The molecule has 1 aliphatic carbocycles. The van der Waals surface area contributed by atoms with E-state index < -0.39 is 23.4 Å². The molecule has 2 N–H and O–H groups in total. The second-order valence-corrected chi connectivity index (χ2v) is 7.32. The van der Waals surface area contributed by atoms with Crippen molar-refractivity contribution in [1.82, 2.24) is 9.97 Å². The molecule has 2 heterocycles. The Hall–Kier alpha value is -3.40. The summed E-state index contributed by atoms with van der Waals surface area (Å²) < 4.78 is 44.0. The molecule has 2 aromatic heterocycles. The Kier molecular flexibility index (Phi) is 5.40. The number of anilines is 2. The van der Waals surface area contributed by atoms with Gasteiger partial charge >= 0.3 is 12.2 Å². The summed E-state index contributed by atoms with van der Waals surface area (Å²) in [5.74, 6) is 0.747. The monoisotopic (exact) mass is 431 g/mol. The molecule has 1 aliphatic rings. The van der Waals surface area contributed by atoms with Crippen LogP contribution in [-0.2, 0) is 16.9 Å². The fourth-order valence-electron chi connectivity index (χ4n) is 3.44. The second-order valence-electron chi connectivity index (χ2n) is 7.32. The van der Waals surface area contributed by atoms with Gasteiger partial charge in [-0.25, -0.2) is 19.9 Å². The standard InChI is InChI=1S/C21H18F3N4O3/c22-21(23,24)14-4-3-5-15(10-14)27-19(29)28-17-7-6-13(11-25-17)16-12-26-18(31-16)20(30)8-1-2-9-20/h3-7,10-12H,1-2,8-9H2,(H2,25,27,28,29). The summed E-state index contributed by atoms with van der Waals surface area (Å²) in [5, 5.41) is 17.4. The molecule has 4 rings (SSSR count). The van der Waals surface area contributed by atoms with Gasteiger partial charge < -0.3 is 9.73 Å². The Bertz CT molecular complexity index is 1070. The summed E-state index contributed by atoms with van der Waals surface area (Å²) in [6, 6.07) is 6.70. The van der Waals surface area contributed by atoms with Crippen LogP contribution >= 0.6 is 0 Å². The summed E-state index contributed by atoms with van der Waals surface area (Å²) in [7, 11) is 0. The van der Waals surface area contributed by atoms with Crippen molar-refractivity contribution >= 4 is 17.5 Å². The predicted octanol–water partition coefficient (Wildman–Crippen LogP) is 5.60. The van der Waals surface area contributed by atoms with Crippen LogP contribution in [0, 0.1) is 0 Å². The maximum absolute atomic E-state index is 12.8. The largest absolute Gasteiger partial charge is 0.437 e. The number of pyridine rings is 1. The number of urea groups is 1. The lowest BCUT2D eigenvalue weighted by molar-refractivity contribution is -0.137. The zero-order valence-electron chi connectivity index (χ0n) is 16.2. The van der Waals surface area contributed by atoms with E-state index >= 15 is 0 Å². The summed E-state index contributed by atoms with van der Waals surface area (Å²) >= 11 is 0. The predicted molar refractivity (Wildman–Crippen MR) is 105 cm³/mol. The van der Waals surface area contributed by atoms with Gasteiger partial charge in [0.25, 0.3) is 0 Å². The number of nitrogens with zero attached hydrogens (tertiary/aromatic N) is 2. The average molecular weight is 431 g/mol. The number of nitrogens with one attached hydrogen (secondary N) is 2. The Morgan fingerprint density at radius 3 is 2.48 bits per heavy atom. The molecule has 1 radical (unpaired) electrons. The van der Waals surface area contributed by atoms with Gasteiger partial charge in [-0.05, 0) is 56.0 Å². The molecule has 1 fully saturated rings. The molecule has 7 nitrogen and oxygen atoms in total. The molecule has 2 amide bonds. The number of alkyl halides is 3. The molecular formula is C21H18F3N4O3. The second kappa shape index (κ2) is 8.03. The summed E-state index contributed by atoms with van der Waals surface area (Å²) in [5.41, 5.74) is -1.58. The van der Waals surface area contributed by atoms with E-state index in [0.29, 0.717) is 24.2 Å². The fraction of sp³-hybridized carbons (Fsp3) is 0.286. The lowest BCUT2D eigenvalue weighted by Gasteiger charge is -2.13. The molecular weight excluding hydrogens is 413 g/mol. The highest BCUT2D eigenvalue weighted by molar-refractivity contribution is 5.99. The Morgan fingerprint density at radius 1 is 1.03 bits per heavy atom. The molecule has 0 saturated heterocycles. The molecule has 0 atom stereocenters. The van der Waals surface area contributed by atoms with Crippen LogP contribution in [0.25, 0.3) is 11.3 Å². The van der Waals surface area contributed by atoms with Gasteiger partial charge in [-0.1, -0.05) is 6.07 Å². The van der Waals surface area contributed by atoms with Crippen LogP contribution in [0.5, 0.6) is 0 Å². The van der Waals surface area contributed by atoms with Gasteiger partial charge in [0.2, 0.25) is 5.89 Å². The van der Waals surface area contributed by atoms with Crippen molar-refractivity contribution in [3.8, 4) is 11.3 Å². The Balaban J connectivity index is 1.40. The number of amides is 2. The first-order chi connectivity index (χ1) is 14.7. The number of aromatic nitrogens is 2. The maximum atomic E-state index is 12.8. The molecule has 3 aromatic rings. The van der Waals surface area contributed by atoms with E-state index in [1.54, 1.807) is 6.07 Å². The molecule has 0 spiro atoms. The summed E-state index contributed by atoms with van der Waals surface area (Å²) in [6.45, 7) is 0. The van der Waals surface area contributed by atoms with Crippen LogP contribution in [0.4, 0.5) is 29.5 Å². The highest BCUT2D eigenvalue weighted by Crippen LogP contribution is 2.39. The molecule has 0 aliphatic heterocycles. The van der Waals surface area contributed by atoms with E-state index in [9.17, 15) is 23.1 Å². The van der Waals surface area contributed by atoms with Crippen molar-refractivity contribution in [2.75, 3.05) is 10.6 Å². The summed E-state index contributed by atoms with van der Waals surface area (Å²) in [6.07, 6.45) is 1.10. The van der Waals surface area contributed by atoms with Crippen LogP contribution in [0.2, 0.25) is 0 Å². The third kappa shape index (κ3) is 4.69. The van der Waals surface area contributed by atoms with E-state index in [-0.39, 0.29) is 17.4 Å². The van der Waals surface area contributed by atoms with Crippen molar-refractivity contribution < 1.29 is 27.5 Å². The van der Waals surface area contributed by atoms with E-state index in [0.717, 1.165) is 25.0 Å². The first-order valence-electron chi connectivity index (χ1n) is 9.61. The first kappa shape index (κ1) is 20.9. The Morgan fingerprint density at radius 2 is 1.81 bits per heavy atom. The quantitative estimate of drug-likeness (QED) is 0.562. The van der Waals surface area contributed by atoms with E-state index in [1.807, 2.05) is 0 Å². The zero-order valence-corrected chi connectivity index (χ0v) is 16.2. The van der Waals surface area contributed by atoms with E-state index in [2.05, 4.69) is 20.6 Å². The van der Waals surface area contributed by atoms with Gasteiger partial charge in [-0.3, -0.25) is 5.32 Å². The highest BCUT2D eigenvalue weighted by atomic mass is 19.4. The molecule has 0 bridgehead atoms. The number of carbonyl (C=O) groups excluding carboxylic acids is 1. The number of oxazole rings is 1. The van der Waals surface area contributed by atoms with Crippen molar-refractivity contribution in [2.24, 2.45) is 0 Å². The number of halogens is 3. The van der Waals surface area contributed by atoms with Crippen LogP contribution in [0.1, 0.15) is 37.1 Å². The van der Waals surface area contributed by atoms with E-state index in [4.69, 9.17) is 4.42 Å². The SMILES string of the molecule is [O]C1(c2ncc(-c3ccc(NC(=O)Nc4cccc(C(F)(F)F)c4)nc3)o2)CCCC1. The molecule has 10 heteroatoms. The van der Waals surface area contributed by atoms with Gasteiger partial charge in [0, 0.05) is 17.4 Å². The van der Waals surface area contributed by atoms with Gasteiger partial charge in [0.05, 0.1) is 11.8 Å². The minimum absolute atomic E-state index is 0.00316. The molecule has 1 saturated carbocycles. The topological polar surface area (TPSA) is 100.0 Å². The van der Waals surface area contributed by atoms with Crippen molar-refractivity contribution in [3.63, 3.8) is 0 Å².